The standard InChI is InChI=1S/C25H19FO/c1-15-23(27)14-18-9-12-21-20-5-3-2-4-16(20)8-13-22(21)25(18)24(15)17-6-10-19(26)11-7-17/h2-13,15,24H,14H2,1H3. The van der Waals surface area contributed by atoms with Crippen LogP contribution in [0.5, 0.6) is 0 Å². The molecular weight excluding hydrogens is 335 g/mol. The summed E-state index contributed by atoms with van der Waals surface area (Å²) in [5.74, 6) is -0.179. The summed E-state index contributed by atoms with van der Waals surface area (Å²) in [6.45, 7) is 2.00. The van der Waals surface area contributed by atoms with Gasteiger partial charge in [0.1, 0.15) is 11.6 Å². The van der Waals surface area contributed by atoms with Gasteiger partial charge in [0.05, 0.1) is 0 Å². The fourth-order valence-electron chi connectivity index (χ4n) is 4.59. The second kappa shape index (κ2) is 6.02. The van der Waals surface area contributed by atoms with Crippen LogP contribution in [0.25, 0.3) is 21.5 Å². The lowest BCUT2D eigenvalue weighted by Crippen LogP contribution is -2.28. The quantitative estimate of drug-likeness (QED) is 0.382. The summed E-state index contributed by atoms with van der Waals surface area (Å²) in [6, 6.07) is 23.6. The van der Waals surface area contributed by atoms with Crippen LogP contribution in [0.4, 0.5) is 4.39 Å². The number of Topliss-reactive ketones (excluding diaryl/α,β-unsaturated/α-hetero) is 1. The minimum absolute atomic E-state index is 0.0493. The average molecular weight is 354 g/mol. The van der Waals surface area contributed by atoms with Gasteiger partial charge in [0.15, 0.2) is 0 Å². The summed E-state index contributed by atoms with van der Waals surface area (Å²) in [7, 11) is 0. The summed E-state index contributed by atoms with van der Waals surface area (Å²) < 4.78 is 13.5. The van der Waals surface area contributed by atoms with Crippen molar-refractivity contribution in [2.45, 2.75) is 19.3 Å². The lowest BCUT2D eigenvalue weighted by atomic mass is 9.70. The van der Waals surface area contributed by atoms with Crippen molar-refractivity contribution in [3.05, 3.63) is 95.3 Å². The molecular formula is C25H19FO. The van der Waals surface area contributed by atoms with Crippen molar-refractivity contribution in [2.24, 2.45) is 5.92 Å². The fourth-order valence-corrected chi connectivity index (χ4v) is 4.59. The minimum atomic E-state index is -0.252. The van der Waals surface area contributed by atoms with E-state index in [9.17, 15) is 9.18 Å². The highest BCUT2D eigenvalue weighted by atomic mass is 19.1. The van der Waals surface area contributed by atoms with Crippen molar-refractivity contribution in [3.8, 4) is 0 Å². The van der Waals surface area contributed by atoms with Gasteiger partial charge < -0.3 is 0 Å². The maximum absolute atomic E-state index is 13.5. The molecule has 5 rings (SSSR count). The molecule has 2 heteroatoms. The van der Waals surface area contributed by atoms with E-state index in [1.165, 1.54) is 39.2 Å². The number of benzene rings is 4. The monoisotopic (exact) mass is 354 g/mol. The van der Waals surface area contributed by atoms with Gasteiger partial charge in [-0.2, -0.15) is 0 Å². The summed E-state index contributed by atoms with van der Waals surface area (Å²) >= 11 is 0. The molecule has 1 aliphatic rings. The van der Waals surface area contributed by atoms with Gasteiger partial charge in [0.25, 0.3) is 0 Å². The predicted molar refractivity (Wildman–Crippen MR) is 108 cm³/mol. The first-order valence-electron chi connectivity index (χ1n) is 9.35. The highest BCUT2D eigenvalue weighted by Gasteiger charge is 2.34. The molecule has 1 nitrogen and oxygen atoms in total. The van der Waals surface area contributed by atoms with Crippen molar-refractivity contribution in [2.75, 3.05) is 0 Å². The van der Waals surface area contributed by atoms with Crippen LogP contribution in [0.2, 0.25) is 0 Å². The van der Waals surface area contributed by atoms with Gasteiger partial charge >= 0.3 is 0 Å². The largest absolute Gasteiger partial charge is 0.299 e. The van der Waals surface area contributed by atoms with E-state index in [4.69, 9.17) is 0 Å². The second-order valence-corrected chi connectivity index (χ2v) is 7.48. The Bertz CT molecular complexity index is 1190. The van der Waals surface area contributed by atoms with E-state index in [0.717, 1.165) is 11.1 Å². The van der Waals surface area contributed by atoms with E-state index in [0.29, 0.717) is 6.42 Å². The van der Waals surface area contributed by atoms with Gasteiger partial charge in [-0.15, -0.1) is 0 Å². The Morgan fingerprint density at radius 1 is 0.815 bits per heavy atom. The molecule has 132 valence electrons. The molecule has 0 N–H and O–H groups in total. The van der Waals surface area contributed by atoms with Gasteiger partial charge in [-0.1, -0.05) is 67.6 Å². The Hall–Kier alpha value is -3.00. The topological polar surface area (TPSA) is 17.1 Å². The normalized spacial score (nSPS) is 19.4. The second-order valence-electron chi connectivity index (χ2n) is 7.48. The summed E-state index contributed by atoms with van der Waals surface area (Å²) in [5.41, 5.74) is 3.31. The zero-order chi connectivity index (χ0) is 18.5. The molecule has 0 aliphatic heterocycles. The Balaban J connectivity index is 1.84. The maximum atomic E-state index is 13.5. The first-order chi connectivity index (χ1) is 13.1. The van der Waals surface area contributed by atoms with Crippen LogP contribution in [0, 0.1) is 11.7 Å². The molecule has 1 aliphatic carbocycles. The molecule has 0 fully saturated rings. The first-order valence-corrected chi connectivity index (χ1v) is 9.35. The summed E-state index contributed by atoms with van der Waals surface area (Å²) in [5, 5.41) is 4.84. The molecule has 4 aromatic rings. The Kier molecular flexibility index (Phi) is 3.61. The molecule has 0 aromatic heterocycles. The Labute approximate surface area is 157 Å². The average Bonchev–Trinajstić information content (AvgIpc) is 2.69. The van der Waals surface area contributed by atoms with Crippen LogP contribution in [0.15, 0.2) is 72.8 Å². The van der Waals surface area contributed by atoms with E-state index in [-0.39, 0.29) is 23.4 Å². The van der Waals surface area contributed by atoms with Crippen molar-refractivity contribution in [3.63, 3.8) is 0 Å². The van der Waals surface area contributed by atoms with E-state index >= 15 is 0 Å². The van der Waals surface area contributed by atoms with Crippen LogP contribution in [-0.2, 0) is 11.2 Å². The Morgan fingerprint density at radius 2 is 1.56 bits per heavy atom. The van der Waals surface area contributed by atoms with E-state index < -0.39 is 0 Å². The summed E-state index contributed by atoms with van der Waals surface area (Å²) in [4.78, 5) is 12.7. The molecule has 2 unspecified atom stereocenters. The number of carbonyl (C=O) groups excluding carboxylic acids is 1. The predicted octanol–water partition coefficient (Wildman–Crippen LogP) is 6.03. The molecule has 4 aromatic carbocycles. The van der Waals surface area contributed by atoms with Crippen LogP contribution in [0.3, 0.4) is 0 Å². The molecule has 0 radical (unpaired) electrons. The van der Waals surface area contributed by atoms with Crippen LogP contribution < -0.4 is 0 Å². The number of ketones is 1. The third kappa shape index (κ3) is 2.48. The third-order valence-electron chi connectivity index (χ3n) is 5.97. The highest BCUT2D eigenvalue weighted by molar-refractivity contribution is 6.09. The number of carbonyl (C=O) groups is 1. The zero-order valence-electron chi connectivity index (χ0n) is 15.1. The zero-order valence-corrected chi connectivity index (χ0v) is 15.1. The van der Waals surface area contributed by atoms with Crippen molar-refractivity contribution in [1.82, 2.24) is 0 Å². The van der Waals surface area contributed by atoms with E-state index in [1.807, 2.05) is 19.1 Å². The smallest absolute Gasteiger partial charge is 0.141 e. The molecule has 0 bridgehead atoms. The minimum Gasteiger partial charge on any atom is -0.299 e. The SMILES string of the molecule is CC1C(=O)Cc2ccc3c(ccc4ccccc43)c2C1c1ccc(F)cc1. The van der Waals surface area contributed by atoms with Crippen molar-refractivity contribution < 1.29 is 9.18 Å². The number of hydrogen-bond acceptors (Lipinski definition) is 1. The molecule has 2 atom stereocenters. The van der Waals surface area contributed by atoms with Crippen molar-refractivity contribution >= 4 is 27.3 Å². The van der Waals surface area contributed by atoms with Crippen LogP contribution in [-0.4, -0.2) is 5.78 Å². The lowest BCUT2D eigenvalue weighted by Gasteiger charge is -2.32. The van der Waals surface area contributed by atoms with Gasteiger partial charge in [0, 0.05) is 18.3 Å². The van der Waals surface area contributed by atoms with Crippen molar-refractivity contribution in [1.29, 1.82) is 0 Å². The van der Waals surface area contributed by atoms with Crippen LogP contribution >= 0.6 is 0 Å². The molecule has 0 heterocycles. The first kappa shape index (κ1) is 16.2. The molecule has 27 heavy (non-hydrogen) atoms. The maximum Gasteiger partial charge on any atom is 0.141 e. The number of rotatable bonds is 1. The van der Waals surface area contributed by atoms with Crippen LogP contribution in [0.1, 0.15) is 29.5 Å². The molecule has 0 spiro atoms. The number of hydrogen-bond donors (Lipinski definition) is 0. The Morgan fingerprint density at radius 3 is 2.37 bits per heavy atom. The van der Waals surface area contributed by atoms with Gasteiger partial charge in [-0.25, -0.2) is 4.39 Å². The molecule has 0 saturated carbocycles. The molecule has 0 amide bonds. The fraction of sp³-hybridized carbons (Fsp3) is 0.160. The lowest BCUT2D eigenvalue weighted by molar-refractivity contribution is -0.122. The number of halogens is 1. The van der Waals surface area contributed by atoms with E-state index in [2.05, 4.69) is 48.5 Å². The van der Waals surface area contributed by atoms with Gasteiger partial charge in [0.2, 0.25) is 0 Å². The highest BCUT2D eigenvalue weighted by Crippen LogP contribution is 2.44. The third-order valence-corrected chi connectivity index (χ3v) is 5.97. The number of fused-ring (bicyclic) bond motifs is 5. The van der Waals surface area contributed by atoms with Gasteiger partial charge in [-0.05, 0) is 50.4 Å². The van der Waals surface area contributed by atoms with Gasteiger partial charge in [-0.3, -0.25) is 4.79 Å². The molecule has 0 saturated heterocycles. The van der Waals surface area contributed by atoms with E-state index in [1.54, 1.807) is 0 Å². The summed E-state index contributed by atoms with van der Waals surface area (Å²) in [6.07, 6.45) is 0.469.